The van der Waals surface area contributed by atoms with Gasteiger partial charge < -0.3 is 9.67 Å². The fourth-order valence-electron chi connectivity index (χ4n) is 4.04. The average molecular weight is 437 g/mol. The van der Waals surface area contributed by atoms with E-state index < -0.39 is 5.97 Å². The van der Waals surface area contributed by atoms with Crippen molar-refractivity contribution in [1.82, 2.24) is 9.55 Å². The van der Waals surface area contributed by atoms with Gasteiger partial charge in [0.2, 0.25) is 0 Å². The van der Waals surface area contributed by atoms with Gasteiger partial charge in [0.15, 0.2) is 0 Å². The summed E-state index contributed by atoms with van der Waals surface area (Å²) >= 11 is 6.26. The van der Waals surface area contributed by atoms with Crippen LogP contribution < -0.4 is 0 Å². The lowest BCUT2D eigenvalue weighted by Crippen LogP contribution is -2.11. The quantitative estimate of drug-likeness (QED) is 0.382. The third-order valence-electron chi connectivity index (χ3n) is 5.57. The molecule has 158 valence electrons. The van der Waals surface area contributed by atoms with E-state index in [0.717, 1.165) is 28.6 Å². The van der Waals surface area contributed by atoms with E-state index in [-0.39, 0.29) is 18.1 Å². The zero-order chi connectivity index (χ0) is 22.1. The van der Waals surface area contributed by atoms with Crippen molar-refractivity contribution in [3.8, 4) is 11.1 Å². The number of fused-ring (bicyclic) bond motifs is 1. The molecule has 0 radical (unpaired) electrons. The maximum atomic E-state index is 14.4. The number of benzene rings is 2. The van der Waals surface area contributed by atoms with Crippen LogP contribution in [0.5, 0.6) is 0 Å². The Hall–Kier alpha value is -3.18. The van der Waals surface area contributed by atoms with Gasteiger partial charge in [-0.15, -0.1) is 0 Å². The number of pyridine rings is 1. The minimum absolute atomic E-state index is 0.102. The van der Waals surface area contributed by atoms with Crippen LogP contribution in [0.4, 0.5) is 4.39 Å². The zero-order valence-corrected chi connectivity index (χ0v) is 18.1. The van der Waals surface area contributed by atoms with E-state index in [2.05, 4.69) is 4.98 Å². The van der Waals surface area contributed by atoms with Crippen LogP contribution in [0.3, 0.4) is 0 Å². The summed E-state index contributed by atoms with van der Waals surface area (Å²) in [5.41, 5.74) is 4.37. The highest BCUT2D eigenvalue weighted by atomic mass is 35.5. The average Bonchev–Trinajstić information content (AvgIpc) is 3.08. The number of carboxylic acids is 1. The fraction of sp³-hybridized carbons (Fsp3) is 0.200. The number of hydrogen-bond acceptors (Lipinski definition) is 2. The zero-order valence-electron chi connectivity index (χ0n) is 17.3. The molecule has 0 amide bonds. The van der Waals surface area contributed by atoms with Crippen LogP contribution >= 0.6 is 11.6 Å². The van der Waals surface area contributed by atoms with Gasteiger partial charge in [-0.05, 0) is 42.7 Å². The first-order valence-electron chi connectivity index (χ1n) is 10.2. The number of halogens is 2. The van der Waals surface area contributed by atoms with Gasteiger partial charge in [-0.1, -0.05) is 49.7 Å². The molecule has 0 atom stereocenters. The first-order chi connectivity index (χ1) is 14.9. The van der Waals surface area contributed by atoms with Crippen LogP contribution in [0.1, 0.15) is 41.2 Å². The highest BCUT2D eigenvalue weighted by Crippen LogP contribution is 2.39. The summed E-state index contributed by atoms with van der Waals surface area (Å²) < 4.78 is 16.1. The monoisotopic (exact) mass is 436 g/mol. The number of aryl methyl sites for hydroxylation is 2. The van der Waals surface area contributed by atoms with E-state index in [0.29, 0.717) is 28.1 Å². The van der Waals surface area contributed by atoms with Crippen LogP contribution in [-0.4, -0.2) is 20.6 Å². The smallest absolute Gasteiger partial charge is 0.353 e. The number of nitrogens with zero attached hydrogens (tertiary/aromatic N) is 2. The summed E-state index contributed by atoms with van der Waals surface area (Å²) in [6.45, 7) is 4.12. The van der Waals surface area contributed by atoms with Gasteiger partial charge in [-0.2, -0.15) is 0 Å². The Morgan fingerprint density at radius 2 is 1.90 bits per heavy atom. The summed E-state index contributed by atoms with van der Waals surface area (Å²) in [4.78, 5) is 17.0. The summed E-state index contributed by atoms with van der Waals surface area (Å²) in [6, 6.07) is 14.1. The van der Waals surface area contributed by atoms with Crippen LogP contribution in [0.2, 0.25) is 5.02 Å². The highest BCUT2D eigenvalue weighted by molar-refractivity contribution is 6.30. The molecule has 0 saturated heterocycles. The predicted octanol–water partition coefficient (Wildman–Crippen LogP) is 6.37. The van der Waals surface area contributed by atoms with Gasteiger partial charge in [-0.25, -0.2) is 9.18 Å². The molecule has 0 spiro atoms. The predicted molar refractivity (Wildman–Crippen MR) is 121 cm³/mol. The third-order valence-corrected chi connectivity index (χ3v) is 5.77. The third kappa shape index (κ3) is 3.81. The van der Waals surface area contributed by atoms with E-state index in [1.54, 1.807) is 35.0 Å². The van der Waals surface area contributed by atoms with Crippen molar-refractivity contribution < 1.29 is 14.3 Å². The molecule has 4 nitrogen and oxygen atoms in total. The largest absolute Gasteiger partial charge is 0.477 e. The van der Waals surface area contributed by atoms with Crippen molar-refractivity contribution in [2.45, 2.75) is 33.2 Å². The minimum Gasteiger partial charge on any atom is -0.477 e. The Balaban J connectivity index is 2.10. The van der Waals surface area contributed by atoms with Crippen molar-refractivity contribution in [3.05, 3.63) is 88.1 Å². The van der Waals surface area contributed by atoms with Gasteiger partial charge in [0.05, 0.1) is 11.6 Å². The van der Waals surface area contributed by atoms with Gasteiger partial charge >= 0.3 is 5.97 Å². The van der Waals surface area contributed by atoms with Crippen LogP contribution in [0.15, 0.2) is 54.7 Å². The second-order valence-electron chi connectivity index (χ2n) is 7.41. The van der Waals surface area contributed by atoms with Crippen molar-refractivity contribution in [3.63, 3.8) is 0 Å². The second kappa shape index (κ2) is 8.52. The summed E-state index contributed by atoms with van der Waals surface area (Å²) in [5, 5.41) is 11.5. The number of carbonyl (C=O) groups is 1. The molecule has 6 heteroatoms. The normalized spacial score (nSPS) is 11.2. The molecule has 31 heavy (non-hydrogen) atoms. The Kier molecular flexibility index (Phi) is 5.79. The number of rotatable bonds is 6. The molecule has 0 aliphatic carbocycles. The van der Waals surface area contributed by atoms with E-state index in [1.165, 1.54) is 6.07 Å². The lowest BCUT2D eigenvalue weighted by atomic mass is 9.98. The molecule has 0 aliphatic heterocycles. The summed E-state index contributed by atoms with van der Waals surface area (Å²) in [6.07, 6.45) is 3.00. The molecule has 0 fully saturated rings. The molecule has 2 heterocycles. The first-order valence-corrected chi connectivity index (χ1v) is 10.6. The van der Waals surface area contributed by atoms with Crippen molar-refractivity contribution in [2.24, 2.45) is 0 Å². The van der Waals surface area contributed by atoms with Gasteiger partial charge in [0.25, 0.3) is 0 Å². The molecule has 2 aromatic carbocycles. The molecular weight excluding hydrogens is 415 g/mol. The topological polar surface area (TPSA) is 55.1 Å². The highest BCUT2D eigenvalue weighted by Gasteiger charge is 2.26. The minimum atomic E-state index is -1.08. The van der Waals surface area contributed by atoms with E-state index >= 15 is 0 Å². The maximum Gasteiger partial charge on any atom is 0.353 e. The number of hydrogen-bond donors (Lipinski definition) is 1. The lowest BCUT2D eigenvalue weighted by molar-refractivity contribution is 0.0687. The van der Waals surface area contributed by atoms with Gasteiger partial charge in [0, 0.05) is 39.5 Å². The number of carboxylic acid groups (broad SMARTS) is 1. The summed E-state index contributed by atoms with van der Waals surface area (Å²) in [5.74, 6) is -1.45. The fourth-order valence-corrected chi connectivity index (χ4v) is 4.20. The van der Waals surface area contributed by atoms with Gasteiger partial charge in [0.1, 0.15) is 11.5 Å². The number of aromatic carboxylic acids is 1. The van der Waals surface area contributed by atoms with E-state index in [1.807, 2.05) is 32.0 Å². The Bertz CT molecular complexity index is 1300. The molecule has 0 aliphatic rings. The van der Waals surface area contributed by atoms with Crippen molar-refractivity contribution in [2.75, 3.05) is 0 Å². The van der Waals surface area contributed by atoms with Crippen LogP contribution in [0.25, 0.3) is 22.0 Å². The second-order valence-corrected chi connectivity index (χ2v) is 7.85. The summed E-state index contributed by atoms with van der Waals surface area (Å²) in [7, 11) is 0. The SMILES string of the molecule is CCc1ccc2c(c1)c(-c1cc(Cl)cnc1CC)c(C(=O)O)n2Cc1ccccc1F. The first kappa shape index (κ1) is 21.1. The molecule has 0 bridgehead atoms. The van der Waals surface area contributed by atoms with Crippen LogP contribution in [0, 0.1) is 5.82 Å². The van der Waals surface area contributed by atoms with Gasteiger partial charge in [-0.3, -0.25) is 4.98 Å². The standard InChI is InChI=1S/C25H22ClFN2O2/c1-3-15-9-10-22-19(11-15)23(18-12-17(26)13-28-21(18)4-2)24(25(30)31)29(22)14-16-7-5-6-8-20(16)27/h5-13H,3-4,14H2,1-2H3,(H,30,31). The van der Waals surface area contributed by atoms with Crippen LogP contribution in [-0.2, 0) is 19.4 Å². The molecule has 4 aromatic rings. The Morgan fingerprint density at radius 3 is 2.58 bits per heavy atom. The Morgan fingerprint density at radius 1 is 1.13 bits per heavy atom. The molecule has 4 rings (SSSR count). The van der Waals surface area contributed by atoms with Crippen molar-refractivity contribution in [1.29, 1.82) is 0 Å². The van der Waals surface area contributed by atoms with E-state index in [4.69, 9.17) is 11.6 Å². The molecule has 0 unspecified atom stereocenters. The maximum absolute atomic E-state index is 14.4. The molecule has 2 aromatic heterocycles. The lowest BCUT2D eigenvalue weighted by Gasteiger charge is -2.11. The molecule has 0 saturated carbocycles. The van der Waals surface area contributed by atoms with E-state index in [9.17, 15) is 14.3 Å². The number of aromatic nitrogens is 2. The molecule has 1 N–H and O–H groups in total. The van der Waals surface area contributed by atoms with Crippen molar-refractivity contribution >= 4 is 28.5 Å². The molecular formula is C25H22ClFN2O2. The Labute approximate surface area is 184 Å².